The van der Waals surface area contributed by atoms with Crippen LogP contribution in [0.4, 0.5) is 0 Å². The molecule has 1 aromatic rings. The van der Waals surface area contributed by atoms with Gasteiger partial charge in [0.2, 0.25) is 0 Å². The van der Waals surface area contributed by atoms with Crippen molar-refractivity contribution in [2.45, 2.75) is 32.9 Å². The number of carbonyl (C=O) groups excluding carboxylic acids is 1. The van der Waals surface area contributed by atoms with Crippen molar-refractivity contribution in [3.8, 4) is 0 Å². The van der Waals surface area contributed by atoms with Crippen LogP contribution in [0.5, 0.6) is 0 Å². The van der Waals surface area contributed by atoms with E-state index in [0.717, 1.165) is 10.5 Å². The Morgan fingerprint density at radius 2 is 2.00 bits per heavy atom. The van der Waals surface area contributed by atoms with E-state index in [4.69, 9.17) is 21.8 Å². The van der Waals surface area contributed by atoms with Crippen molar-refractivity contribution in [3.05, 3.63) is 35.9 Å². The number of ether oxygens (including phenoxy) is 1. The predicted octanol–water partition coefficient (Wildman–Crippen LogP) is 3.07. The van der Waals surface area contributed by atoms with Crippen molar-refractivity contribution < 1.29 is 15.0 Å². The van der Waals surface area contributed by atoms with Gasteiger partial charge in [0.25, 0.3) is 0 Å². The summed E-state index contributed by atoms with van der Waals surface area (Å²) < 4.78 is 36.2. The van der Waals surface area contributed by atoms with Crippen LogP contribution in [0.15, 0.2) is 30.3 Å². The first kappa shape index (κ1) is 10.7. The highest BCUT2D eigenvalue weighted by atomic mass is 35.5. The molecule has 0 bridgehead atoms. The number of halogens is 1. The Labute approximate surface area is 126 Å². The molecule has 1 aromatic carbocycles. The molecular formula is C15H22ClNO2. The summed E-state index contributed by atoms with van der Waals surface area (Å²) >= 11 is 5.57. The molecule has 0 unspecified atom stereocenters. The predicted molar refractivity (Wildman–Crippen MR) is 78.3 cm³/mol. The van der Waals surface area contributed by atoms with Crippen molar-refractivity contribution in [2.24, 2.45) is 0 Å². The molecule has 19 heavy (non-hydrogen) atoms. The Morgan fingerprint density at radius 1 is 1.37 bits per heavy atom. The molecule has 0 spiro atoms. The molecule has 0 aliphatic carbocycles. The summed E-state index contributed by atoms with van der Waals surface area (Å²) in [5, 5.41) is 0. The molecule has 3 nitrogen and oxygen atoms in total. The van der Waals surface area contributed by atoms with E-state index < -0.39 is 30.4 Å². The minimum Gasteiger partial charge on any atom is -0.459 e. The van der Waals surface area contributed by atoms with Crippen LogP contribution in [0.1, 0.15) is 31.8 Å². The average Bonchev–Trinajstić information content (AvgIpc) is 2.35. The molecule has 0 saturated carbocycles. The summed E-state index contributed by atoms with van der Waals surface area (Å²) in [6.07, 6.45) is 0. The second kappa shape index (κ2) is 7.51. The van der Waals surface area contributed by atoms with Crippen LogP contribution in [-0.2, 0) is 16.1 Å². The van der Waals surface area contributed by atoms with Gasteiger partial charge >= 0.3 is 5.97 Å². The molecule has 0 heterocycles. The molecule has 0 aliphatic rings. The van der Waals surface area contributed by atoms with Crippen LogP contribution in [0.3, 0.4) is 0 Å². The van der Waals surface area contributed by atoms with E-state index in [1.54, 1.807) is 45.0 Å². The SMILES string of the molecule is [2H]C([2H])(Cl)C([2H])([2H])N(CC(=O)OC(C)(C)C)Cc1ccccc1. The van der Waals surface area contributed by atoms with Gasteiger partial charge in [0.05, 0.1) is 6.54 Å². The lowest BCUT2D eigenvalue weighted by atomic mass is 10.2. The number of hydrogen-bond acceptors (Lipinski definition) is 3. The van der Waals surface area contributed by atoms with Gasteiger partial charge in [-0.2, -0.15) is 0 Å². The molecular weight excluding hydrogens is 262 g/mol. The summed E-state index contributed by atoms with van der Waals surface area (Å²) in [6, 6.07) is 8.92. The number of carbonyl (C=O) groups is 1. The number of esters is 1. The van der Waals surface area contributed by atoms with Crippen LogP contribution in [0.25, 0.3) is 0 Å². The summed E-state index contributed by atoms with van der Waals surface area (Å²) in [5.41, 5.74) is 0.0307. The van der Waals surface area contributed by atoms with Crippen LogP contribution >= 0.6 is 11.6 Å². The topological polar surface area (TPSA) is 29.5 Å². The molecule has 0 saturated heterocycles. The number of nitrogens with zero attached hydrogens (tertiary/aromatic N) is 1. The first-order valence-corrected chi connectivity index (χ1v) is 6.40. The largest absolute Gasteiger partial charge is 0.459 e. The number of benzene rings is 1. The Kier molecular flexibility index (Phi) is 4.23. The van der Waals surface area contributed by atoms with Crippen LogP contribution < -0.4 is 0 Å². The van der Waals surface area contributed by atoms with E-state index >= 15 is 0 Å². The Hall–Kier alpha value is -1.06. The van der Waals surface area contributed by atoms with E-state index in [1.807, 2.05) is 6.07 Å². The minimum atomic E-state index is -2.66. The minimum absolute atomic E-state index is 0.0271. The van der Waals surface area contributed by atoms with Gasteiger partial charge in [-0.1, -0.05) is 30.3 Å². The van der Waals surface area contributed by atoms with Gasteiger partial charge in [0, 0.05) is 24.4 Å². The fourth-order valence-electron chi connectivity index (χ4n) is 1.53. The molecule has 106 valence electrons. The highest BCUT2D eigenvalue weighted by Crippen LogP contribution is 2.09. The second-order valence-electron chi connectivity index (χ2n) is 5.13. The van der Waals surface area contributed by atoms with Gasteiger partial charge in [0.15, 0.2) is 0 Å². The van der Waals surface area contributed by atoms with Crippen LogP contribution in [0, 0.1) is 0 Å². The van der Waals surface area contributed by atoms with Gasteiger partial charge in [-0.15, -0.1) is 11.6 Å². The standard InChI is InChI=1S/C15H22ClNO2/c1-15(2,3)19-14(18)12-17(10-9-16)11-13-7-5-4-6-8-13/h4-8H,9-12H2,1-3H3/i9D2,10D2. The molecule has 0 aromatic heterocycles. The molecule has 0 amide bonds. The molecule has 4 heteroatoms. The van der Waals surface area contributed by atoms with Crippen LogP contribution in [0.2, 0.25) is 0 Å². The first-order chi connectivity index (χ1) is 10.3. The van der Waals surface area contributed by atoms with E-state index in [9.17, 15) is 4.79 Å². The summed E-state index contributed by atoms with van der Waals surface area (Å²) in [4.78, 5) is 13.1. The quantitative estimate of drug-likeness (QED) is 0.595. The normalized spacial score (nSPS) is 16.3. The van der Waals surface area contributed by atoms with Crippen molar-refractivity contribution in [1.29, 1.82) is 0 Å². The van der Waals surface area contributed by atoms with Crippen molar-refractivity contribution in [3.63, 3.8) is 0 Å². The lowest BCUT2D eigenvalue weighted by molar-refractivity contribution is -0.156. The maximum Gasteiger partial charge on any atom is 0.320 e. The molecule has 0 radical (unpaired) electrons. The maximum absolute atomic E-state index is 12.0. The fraction of sp³-hybridized carbons (Fsp3) is 0.533. The molecule has 0 aliphatic heterocycles. The van der Waals surface area contributed by atoms with Gasteiger partial charge in [0.1, 0.15) is 5.60 Å². The maximum atomic E-state index is 12.0. The Balaban J connectivity index is 3.00. The first-order valence-electron chi connectivity index (χ1n) is 8.03. The third kappa shape index (κ3) is 7.19. The van der Waals surface area contributed by atoms with E-state index in [1.165, 1.54) is 0 Å². The smallest absolute Gasteiger partial charge is 0.320 e. The van der Waals surface area contributed by atoms with Crippen molar-refractivity contribution in [2.75, 3.05) is 18.9 Å². The summed E-state index contributed by atoms with van der Waals surface area (Å²) in [5.74, 6) is -3.30. The lowest BCUT2D eigenvalue weighted by Gasteiger charge is -2.24. The highest BCUT2D eigenvalue weighted by Gasteiger charge is 2.18. The zero-order valence-electron chi connectivity index (χ0n) is 15.4. The van der Waals surface area contributed by atoms with Crippen molar-refractivity contribution >= 4 is 17.6 Å². The van der Waals surface area contributed by atoms with Gasteiger partial charge in [-0.05, 0) is 26.3 Å². The van der Waals surface area contributed by atoms with E-state index in [0.29, 0.717) is 0 Å². The van der Waals surface area contributed by atoms with Gasteiger partial charge < -0.3 is 4.74 Å². The monoisotopic (exact) mass is 287 g/mol. The number of hydrogen-bond donors (Lipinski definition) is 0. The van der Waals surface area contributed by atoms with Gasteiger partial charge in [-0.3, -0.25) is 9.69 Å². The molecule has 0 fully saturated rings. The Bertz CT molecular complexity index is 527. The lowest BCUT2D eigenvalue weighted by Crippen LogP contribution is -2.35. The van der Waals surface area contributed by atoms with Crippen LogP contribution in [-0.4, -0.2) is 35.3 Å². The highest BCUT2D eigenvalue weighted by molar-refractivity contribution is 6.18. The van der Waals surface area contributed by atoms with Gasteiger partial charge in [-0.25, -0.2) is 0 Å². The fourth-order valence-corrected chi connectivity index (χ4v) is 1.65. The third-order valence-electron chi connectivity index (χ3n) is 2.16. The number of rotatable bonds is 6. The van der Waals surface area contributed by atoms with E-state index in [-0.39, 0.29) is 6.54 Å². The summed E-state index contributed by atoms with van der Waals surface area (Å²) in [6.45, 7) is 2.19. The summed E-state index contributed by atoms with van der Waals surface area (Å²) in [7, 11) is 0. The van der Waals surface area contributed by atoms with E-state index in [2.05, 4.69) is 0 Å². The van der Waals surface area contributed by atoms with Crippen molar-refractivity contribution in [1.82, 2.24) is 4.90 Å². The molecule has 0 atom stereocenters. The zero-order valence-corrected chi connectivity index (χ0v) is 12.2. The zero-order chi connectivity index (χ0) is 17.9. The third-order valence-corrected chi connectivity index (χ3v) is 2.24. The second-order valence-corrected chi connectivity index (χ2v) is 5.32. The number of alkyl halides is 1. The molecule has 0 N–H and O–H groups in total. The Morgan fingerprint density at radius 3 is 2.53 bits per heavy atom. The molecule has 1 rings (SSSR count). The average molecular weight is 288 g/mol.